The van der Waals surface area contributed by atoms with E-state index in [2.05, 4.69) is 54.4 Å². The zero-order chi connectivity index (χ0) is 24.0. The molecule has 178 valence electrons. The molecule has 1 aliphatic heterocycles. The van der Waals surface area contributed by atoms with Crippen LogP contribution in [0.25, 0.3) is 11.5 Å². The maximum Gasteiger partial charge on any atom is 0.267 e. The number of aromatic nitrogens is 4. The Hall–Kier alpha value is -4.31. The fourth-order valence-corrected chi connectivity index (χ4v) is 4.00. The molecule has 3 aromatic heterocycles. The molecule has 0 spiro atoms. The largest absolute Gasteiger partial charge is 0.463 e. The van der Waals surface area contributed by atoms with Crippen LogP contribution >= 0.6 is 0 Å². The molecule has 0 radical (unpaired) electrons. The highest BCUT2D eigenvalue weighted by Crippen LogP contribution is 2.18. The van der Waals surface area contributed by atoms with Gasteiger partial charge in [-0.1, -0.05) is 30.3 Å². The van der Waals surface area contributed by atoms with Crippen LogP contribution in [0.2, 0.25) is 0 Å². The van der Waals surface area contributed by atoms with Crippen LogP contribution in [0.3, 0.4) is 0 Å². The van der Waals surface area contributed by atoms with Crippen LogP contribution in [-0.2, 0) is 17.9 Å². The first kappa shape index (κ1) is 22.5. The zero-order valence-corrected chi connectivity index (χ0v) is 19.1. The first-order valence-electron chi connectivity index (χ1n) is 11.4. The van der Waals surface area contributed by atoms with Crippen molar-refractivity contribution in [2.45, 2.75) is 13.1 Å². The molecule has 35 heavy (non-hydrogen) atoms. The molecule has 0 unspecified atom stereocenters. The summed E-state index contributed by atoms with van der Waals surface area (Å²) in [6.45, 7) is 4.17. The lowest BCUT2D eigenvalue weighted by atomic mass is 10.2. The Bertz CT molecular complexity index is 1330. The second-order valence-electron chi connectivity index (χ2n) is 8.25. The van der Waals surface area contributed by atoms with E-state index in [1.807, 2.05) is 6.07 Å². The molecule has 10 heteroatoms. The Labute approximate surface area is 201 Å². The van der Waals surface area contributed by atoms with Crippen molar-refractivity contribution in [3.05, 3.63) is 89.2 Å². The predicted octanol–water partition coefficient (Wildman–Crippen LogP) is 2.25. The molecule has 4 heterocycles. The maximum atomic E-state index is 12.6. The van der Waals surface area contributed by atoms with Crippen LogP contribution in [0.15, 0.2) is 82.5 Å². The fourth-order valence-electron chi connectivity index (χ4n) is 4.00. The lowest BCUT2D eigenvalue weighted by Gasteiger charge is -2.35. The van der Waals surface area contributed by atoms with Crippen LogP contribution in [0.5, 0.6) is 0 Å². The normalized spacial score (nSPS) is 14.1. The van der Waals surface area contributed by atoms with E-state index in [9.17, 15) is 9.59 Å². The average Bonchev–Trinajstić information content (AvgIpc) is 3.42. The highest BCUT2D eigenvalue weighted by atomic mass is 16.3. The van der Waals surface area contributed by atoms with Crippen molar-refractivity contribution in [1.29, 1.82) is 0 Å². The van der Waals surface area contributed by atoms with Crippen molar-refractivity contribution in [2.24, 2.45) is 0 Å². The number of furan rings is 1. The van der Waals surface area contributed by atoms with Crippen LogP contribution in [0, 0.1) is 0 Å². The van der Waals surface area contributed by atoms with Crippen molar-refractivity contribution in [1.82, 2.24) is 24.6 Å². The minimum absolute atomic E-state index is 0.245. The smallest absolute Gasteiger partial charge is 0.267 e. The Morgan fingerprint density at radius 2 is 1.80 bits per heavy atom. The Balaban J connectivity index is 1.19. The molecular weight excluding hydrogens is 446 g/mol. The van der Waals surface area contributed by atoms with E-state index in [0.29, 0.717) is 17.3 Å². The summed E-state index contributed by atoms with van der Waals surface area (Å²) in [4.78, 5) is 37.9. The van der Waals surface area contributed by atoms with Gasteiger partial charge in [-0.2, -0.15) is 5.10 Å². The number of nitrogens with one attached hydrogen (secondary N) is 1. The van der Waals surface area contributed by atoms with Gasteiger partial charge in [0.2, 0.25) is 5.91 Å². The van der Waals surface area contributed by atoms with Crippen LogP contribution in [-0.4, -0.2) is 56.7 Å². The molecule has 0 atom stereocenters. The van der Waals surface area contributed by atoms with Crippen LogP contribution in [0.1, 0.15) is 5.56 Å². The van der Waals surface area contributed by atoms with Gasteiger partial charge in [0.15, 0.2) is 5.76 Å². The van der Waals surface area contributed by atoms with Gasteiger partial charge in [0.1, 0.15) is 30.2 Å². The van der Waals surface area contributed by atoms with Gasteiger partial charge in [-0.05, 0) is 23.8 Å². The predicted molar refractivity (Wildman–Crippen MR) is 131 cm³/mol. The number of benzene rings is 1. The van der Waals surface area contributed by atoms with Gasteiger partial charge >= 0.3 is 0 Å². The molecular formula is C25H25N7O3. The molecule has 1 amide bonds. The first-order chi connectivity index (χ1) is 17.1. The zero-order valence-electron chi connectivity index (χ0n) is 19.1. The summed E-state index contributed by atoms with van der Waals surface area (Å²) < 4.78 is 6.42. The lowest BCUT2D eigenvalue weighted by molar-refractivity contribution is -0.117. The molecule has 10 nitrogen and oxygen atoms in total. The van der Waals surface area contributed by atoms with Crippen molar-refractivity contribution >= 4 is 17.5 Å². The lowest BCUT2D eigenvalue weighted by Crippen LogP contribution is -2.46. The molecule has 1 aliphatic rings. The molecule has 1 fully saturated rings. The maximum absolute atomic E-state index is 12.6. The molecule has 1 saturated heterocycles. The number of carbonyl (C=O) groups is 1. The number of hydrogen-bond acceptors (Lipinski definition) is 8. The highest BCUT2D eigenvalue weighted by molar-refractivity contribution is 5.89. The SMILES string of the molecule is O=C(Cn1nc(-c2ccco2)ccc1=O)Nc1cc(N2CCN(Cc3ccccc3)CC2)ncn1. The average molecular weight is 472 g/mol. The monoisotopic (exact) mass is 471 g/mol. The third-order valence-electron chi connectivity index (χ3n) is 5.80. The van der Waals surface area contributed by atoms with E-state index in [1.54, 1.807) is 24.3 Å². The van der Waals surface area contributed by atoms with Crippen molar-refractivity contribution in [2.75, 3.05) is 36.4 Å². The summed E-state index contributed by atoms with van der Waals surface area (Å²) in [6.07, 6.45) is 2.96. The van der Waals surface area contributed by atoms with Crippen molar-refractivity contribution in [3.8, 4) is 11.5 Å². The van der Waals surface area contributed by atoms with Crippen molar-refractivity contribution < 1.29 is 9.21 Å². The number of rotatable bonds is 7. The summed E-state index contributed by atoms with van der Waals surface area (Å²) >= 11 is 0. The van der Waals surface area contributed by atoms with E-state index in [-0.39, 0.29) is 12.1 Å². The standard InChI is InChI=1S/C25H25N7O3/c33-24(17-32-25(34)9-8-20(29-32)21-7-4-14-35-21)28-22-15-23(27-18-26-22)31-12-10-30(11-13-31)16-19-5-2-1-3-6-19/h1-9,14-15,18H,10-13,16-17H2,(H,26,27,28,33). The number of hydrogen-bond donors (Lipinski definition) is 1. The first-order valence-corrected chi connectivity index (χ1v) is 11.4. The number of amides is 1. The third-order valence-corrected chi connectivity index (χ3v) is 5.80. The molecule has 4 aromatic rings. The third kappa shape index (κ3) is 5.61. The molecule has 0 bridgehead atoms. The minimum Gasteiger partial charge on any atom is -0.463 e. The second-order valence-corrected chi connectivity index (χ2v) is 8.25. The van der Waals surface area contributed by atoms with E-state index >= 15 is 0 Å². The summed E-state index contributed by atoms with van der Waals surface area (Å²) in [5.41, 5.74) is 1.39. The summed E-state index contributed by atoms with van der Waals surface area (Å²) in [6, 6.07) is 18.6. The molecule has 0 aliphatic carbocycles. The minimum atomic E-state index is -0.409. The van der Waals surface area contributed by atoms with Crippen LogP contribution < -0.4 is 15.8 Å². The van der Waals surface area contributed by atoms with Crippen molar-refractivity contribution in [3.63, 3.8) is 0 Å². The van der Waals surface area contributed by atoms with Gasteiger partial charge in [-0.3, -0.25) is 14.5 Å². The number of piperazine rings is 1. The van der Waals surface area contributed by atoms with Gasteiger partial charge in [-0.15, -0.1) is 0 Å². The van der Waals surface area contributed by atoms with Gasteiger partial charge in [0.05, 0.1) is 6.26 Å². The highest BCUT2D eigenvalue weighted by Gasteiger charge is 2.19. The van der Waals surface area contributed by atoms with Gasteiger partial charge in [0, 0.05) is 44.9 Å². The molecule has 1 N–H and O–H groups in total. The fraction of sp³-hybridized carbons (Fsp3) is 0.240. The topological polar surface area (TPSA) is 109 Å². The number of anilines is 2. The van der Waals surface area contributed by atoms with E-state index in [1.165, 1.54) is 24.2 Å². The second kappa shape index (κ2) is 10.3. The van der Waals surface area contributed by atoms with E-state index in [4.69, 9.17) is 4.42 Å². The van der Waals surface area contributed by atoms with Crippen LogP contribution in [0.4, 0.5) is 11.6 Å². The Morgan fingerprint density at radius 1 is 0.971 bits per heavy atom. The number of nitrogens with zero attached hydrogens (tertiary/aromatic N) is 6. The van der Waals surface area contributed by atoms with Gasteiger partial charge < -0.3 is 14.6 Å². The summed E-state index contributed by atoms with van der Waals surface area (Å²) in [5.74, 6) is 1.24. The molecule has 5 rings (SSSR count). The molecule has 0 saturated carbocycles. The Morgan fingerprint density at radius 3 is 2.57 bits per heavy atom. The number of carbonyl (C=O) groups excluding carboxylic acids is 1. The van der Waals surface area contributed by atoms with E-state index in [0.717, 1.165) is 43.2 Å². The quantitative estimate of drug-likeness (QED) is 0.437. The molecule has 1 aromatic carbocycles. The summed E-state index contributed by atoms with van der Waals surface area (Å²) in [7, 11) is 0. The summed E-state index contributed by atoms with van der Waals surface area (Å²) in [5, 5.41) is 6.97. The van der Waals surface area contributed by atoms with Gasteiger partial charge in [-0.25, -0.2) is 14.6 Å². The van der Waals surface area contributed by atoms with E-state index < -0.39 is 5.91 Å². The Kier molecular flexibility index (Phi) is 6.62. The van der Waals surface area contributed by atoms with Gasteiger partial charge in [0.25, 0.3) is 5.56 Å².